The largest absolute Gasteiger partial charge is 0.493 e. The first kappa shape index (κ1) is 31.8. The minimum atomic E-state index is -0.692. The van der Waals surface area contributed by atoms with Gasteiger partial charge in [0.2, 0.25) is 0 Å². The first-order chi connectivity index (χ1) is 21.2. The van der Waals surface area contributed by atoms with E-state index >= 15 is 0 Å². The maximum Gasteiger partial charge on any atom is 0.343 e. The highest BCUT2D eigenvalue weighted by Crippen LogP contribution is 2.29. The molecule has 0 aliphatic heterocycles. The van der Waals surface area contributed by atoms with Gasteiger partial charge in [-0.05, 0) is 84.8 Å². The first-order valence-electron chi connectivity index (χ1n) is 13.1. The molecule has 9 nitrogen and oxygen atoms in total. The Bertz CT molecular complexity index is 1690. The molecule has 0 bridgehead atoms. The van der Waals surface area contributed by atoms with E-state index in [4.69, 9.17) is 42.1 Å². The molecular formula is C33H26Cl2N2O7. The predicted molar refractivity (Wildman–Crippen MR) is 167 cm³/mol. The third-order valence-corrected chi connectivity index (χ3v) is 6.42. The molecule has 4 aromatic carbocycles. The molecular weight excluding hydrogens is 607 g/mol. The van der Waals surface area contributed by atoms with Gasteiger partial charge < -0.3 is 18.9 Å². The third-order valence-electron chi connectivity index (χ3n) is 5.92. The summed E-state index contributed by atoms with van der Waals surface area (Å²) in [4.78, 5) is 37.9. The van der Waals surface area contributed by atoms with Crippen LogP contribution in [0.5, 0.6) is 23.0 Å². The van der Waals surface area contributed by atoms with Crippen molar-refractivity contribution in [1.29, 1.82) is 0 Å². The number of methoxy groups -OCH3 is 1. The van der Waals surface area contributed by atoms with E-state index in [1.54, 1.807) is 42.5 Å². The molecule has 0 saturated heterocycles. The van der Waals surface area contributed by atoms with Crippen LogP contribution in [0.1, 0.15) is 31.8 Å². The van der Waals surface area contributed by atoms with Crippen LogP contribution in [0.4, 0.5) is 0 Å². The molecule has 0 spiro atoms. The van der Waals surface area contributed by atoms with Gasteiger partial charge in [0.15, 0.2) is 18.1 Å². The van der Waals surface area contributed by atoms with Crippen LogP contribution >= 0.6 is 23.2 Å². The number of carbonyl (C=O) groups excluding carboxylic acids is 3. The fourth-order valence-electron chi connectivity index (χ4n) is 3.74. The summed E-state index contributed by atoms with van der Waals surface area (Å²) < 4.78 is 22.0. The third kappa shape index (κ3) is 8.94. The Labute approximate surface area is 263 Å². The van der Waals surface area contributed by atoms with Gasteiger partial charge in [-0.15, -0.1) is 6.58 Å². The number of esters is 2. The molecule has 0 saturated carbocycles. The number of hydrogen-bond acceptors (Lipinski definition) is 8. The van der Waals surface area contributed by atoms with Crippen LogP contribution in [0.15, 0.2) is 103 Å². The van der Waals surface area contributed by atoms with Crippen LogP contribution in [0, 0.1) is 0 Å². The molecule has 0 radical (unpaired) electrons. The fourth-order valence-corrected chi connectivity index (χ4v) is 4.00. The maximum absolute atomic E-state index is 12.8. The average Bonchev–Trinajstić information content (AvgIpc) is 3.02. The summed E-state index contributed by atoms with van der Waals surface area (Å²) in [6.45, 7) is 3.38. The standard InChI is InChI=1S/C33H26Cl2N2O7/c1-3-4-21-5-16-28(30(17-21)41-2)42-20-31(38)37-36-19-24-10-15-27(43-32(39)22-6-11-25(34)12-7-22)18-29(24)44-33(40)23-8-13-26(35)14-9-23/h3,5-19H,1,4,20H2,2H3,(H,37,38)/b36-19+. The lowest BCUT2D eigenvalue weighted by molar-refractivity contribution is -0.123. The number of allylic oxidation sites excluding steroid dienone is 1. The SMILES string of the molecule is C=CCc1ccc(OCC(=O)N/N=C/c2ccc(OC(=O)c3ccc(Cl)cc3)cc2OC(=O)c2ccc(Cl)cc2)c(OC)c1. The lowest BCUT2D eigenvalue weighted by Gasteiger charge is -2.11. The van der Waals surface area contributed by atoms with Crippen molar-refractivity contribution in [3.63, 3.8) is 0 Å². The van der Waals surface area contributed by atoms with Gasteiger partial charge in [0.25, 0.3) is 5.91 Å². The number of hydrazone groups is 1. The van der Waals surface area contributed by atoms with Gasteiger partial charge in [-0.1, -0.05) is 35.3 Å². The first-order valence-corrected chi connectivity index (χ1v) is 13.8. The van der Waals surface area contributed by atoms with Crippen LogP contribution in [0.2, 0.25) is 10.0 Å². The molecule has 0 aliphatic carbocycles. The van der Waals surface area contributed by atoms with Gasteiger partial charge in [-0.25, -0.2) is 15.0 Å². The predicted octanol–water partition coefficient (Wildman–Crippen LogP) is 6.70. The lowest BCUT2D eigenvalue weighted by atomic mass is 10.1. The number of rotatable bonds is 12. The Morgan fingerprint density at radius 3 is 2.05 bits per heavy atom. The second-order valence-electron chi connectivity index (χ2n) is 9.05. The Hall–Kier alpha value is -5.12. The number of nitrogens with one attached hydrogen (secondary N) is 1. The molecule has 224 valence electrons. The van der Waals surface area contributed by atoms with Crippen LogP contribution < -0.4 is 24.4 Å². The van der Waals surface area contributed by atoms with Crippen LogP contribution in [0.3, 0.4) is 0 Å². The number of amides is 1. The second kappa shape index (κ2) is 15.4. The van der Waals surface area contributed by atoms with Crippen LogP contribution in [0.25, 0.3) is 0 Å². The molecule has 0 aliphatic rings. The zero-order chi connectivity index (χ0) is 31.5. The van der Waals surface area contributed by atoms with Crippen LogP contribution in [-0.4, -0.2) is 37.8 Å². The molecule has 44 heavy (non-hydrogen) atoms. The fraction of sp³-hybridized carbons (Fsp3) is 0.0909. The van der Waals surface area contributed by atoms with Gasteiger partial charge >= 0.3 is 11.9 Å². The van der Waals surface area contributed by atoms with Crippen molar-refractivity contribution in [3.8, 4) is 23.0 Å². The van der Waals surface area contributed by atoms with Crippen molar-refractivity contribution in [1.82, 2.24) is 5.43 Å². The summed E-state index contributed by atoms with van der Waals surface area (Å²) >= 11 is 11.8. The van der Waals surface area contributed by atoms with Crippen molar-refractivity contribution in [2.45, 2.75) is 6.42 Å². The van der Waals surface area contributed by atoms with Crippen molar-refractivity contribution < 1.29 is 33.3 Å². The molecule has 0 fully saturated rings. The zero-order valence-corrected chi connectivity index (χ0v) is 24.9. The number of benzene rings is 4. The molecule has 1 amide bonds. The van der Waals surface area contributed by atoms with E-state index in [2.05, 4.69) is 17.1 Å². The van der Waals surface area contributed by atoms with Crippen LogP contribution in [-0.2, 0) is 11.2 Å². The van der Waals surface area contributed by atoms with E-state index in [-0.39, 0.29) is 29.2 Å². The lowest BCUT2D eigenvalue weighted by Crippen LogP contribution is -2.24. The normalized spacial score (nSPS) is 10.6. The van der Waals surface area contributed by atoms with Crippen molar-refractivity contribution in [3.05, 3.63) is 130 Å². The van der Waals surface area contributed by atoms with E-state index in [1.165, 1.54) is 55.8 Å². The maximum atomic E-state index is 12.8. The van der Waals surface area contributed by atoms with E-state index in [1.807, 2.05) is 6.07 Å². The van der Waals surface area contributed by atoms with Crippen molar-refractivity contribution in [2.75, 3.05) is 13.7 Å². The number of carbonyl (C=O) groups is 3. The number of nitrogens with zero attached hydrogens (tertiary/aromatic N) is 1. The van der Waals surface area contributed by atoms with E-state index in [9.17, 15) is 14.4 Å². The minimum absolute atomic E-state index is 0.0185. The molecule has 11 heteroatoms. The Balaban J connectivity index is 1.47. The number of halogens is 2. The number of ether oxygens (including phenoxy) is 4. The summed E-state index contributed by atoms with van der Waals surface area (Å²) in [5.41, 5.74) is 4.16. The minimum Gasteiger partial charge on any atom is -0.493 e. The highest BCUT2D eigenvalue weighted by atomic mass is 35.5. The van der Waals surface area contributed by atoms with E-state index < -0.39 is 17.8 Å². The summed E-state index contributed by atoms with van der Waals surface area (Å²) in [5.74, 6) is -0.896. The highest BCUT2D eigenvalue weighted by molar-refractivity contribution is 6.31. The van der Waals surface area contributed by atoms with E-state index in [0.717, 1.165) is 5.56 Å². The number of hydrogen-bond donors (Lipinski definition) is 1. The molecule has 1 N–H and O–H groups in total. The molecule has 0 heterocycles. The smallest absolute Gasteiger partial charge is 0.343 e. The van der Waals surface area contributed by atoms with Gasteiger partial charge in [0, 0.05) is 21.7 Å². The van der Waals surface area contributed by atoms with Crippen molar-refractivity contribution >= 4 is 47.3 Å². The molecule has 4 aromatic rings. The second-order valence-corrected chi connectivity index (χ2v) is 9.93. The van der Waals surface area contributed by atoms with Gasteiger partial charge in [-0.2, -0.15) is 5.10 Å². The monoisotopic (exact) mass is 632 g/mol. The molecule has 0 unspecified atom stereocenters. The Kier molecular flexibility index (Phi) is 11.1. The summed E-state index contributed by atoms with van der Waals surface area (Å²) in [5, 5.41) is 4.88. The molecule has 0 atom stereocenters. The molecule has 0 aromatic heterocycles. The van der Waals surface area contributed by atoms with Gasteiger partial charge in [0.1, 0.15) is 11.5 Å². The Morgan fingerprint density at radius 1 is 0.795 bits per heavy atom. The highest BCUT2D eigenvalue weighted by Gasteiger charge is 2.15. The molecule has 4 rings (SSSR count). The van der Waals surface area contributed by atoms with E-state index in [0.29, 0.717) is 33.5 Å². The average molecular weight is 633 g/mol. The summed E-state index contributed by atoms with van der Waals surface area (Å²) in [6, 6.07) is 22.0. The topological polar surface area (TPSA) is 113 Å². The zero-order valence-electron chi connectivity index (χ0n) is 23.4. The summed E-state index contributed by atoms with van der Waals surface area (Å²) in [7, 11) is 1.51. The van der Waals surface area contributed by atoms with Crippen molar-refractivity contribution in [2.24, 2.45) is 5.10 Å². The van der Waals surface area contributed by atoms with Gasteiger partial charge in [-0.3, -0.25) is 4.79 Å². The van der Waals surface area contributed by atoms with Gasteiger partial charge in [0.05, 0.1) is 24.5 Å². The Morgan fingerprint density at radius 2 is 1.43 bits per heavy atom. The quantitative estimate of drug-likeness (QED) is 0.0608. The summed E-state index contributed by atoms with van der Waals surface area (Å²) in [6.07, 6.45) is 3.71.